The molecule has 0 fully saturated rings. The van der Waals surface area contributed by atoms with Crippen LogP contribution in [0, 0.1) is 11.3 Å². The molecule has 0 aliphatic carbocycles. The SMILES string of the molecule is CCOC(=O)COc1ccc2cc(C#N)c(=O)oc2c1. The van der Waals surface area contributed by atoms with Crippen LogP contribution in [-0.4, -0.2) is 19.2 Å². The van der Waals surface area contributed by atoms with Gasteiger partial charge in [0.15, 0.2) is 6.61 Å². The molecule has 0 saturated carbocycles. The number of nitrogens with zero attached hydrogens (tertiary/aromatic N) is 1. The van der Waals surface area contributed by atoms with Gasteiger partial charge in [0.25, 0.3) is 0 Å². The van der Waals surface area contributed by atoms with Gasteiger partial charge in [-0.05, 0) is 25.1 Å². The molecule has 0 unspecified atom stereocenters. The molecule has 2 aromatic rings. The second kappa shape index (κ2) is 5.89. The lowest BCUT2D eigenvalue weighted by Gasteiger charge is -2.06. The summed E-state index contributed by atoms with van der Waals surface area (Å²) in [5, 5.41) is 9.34. The Labute approximate surface area is 114 Å². The molecule has 0 atom stereocenters. The lowest BCUT2D eigenvalue weighted by Crippen LogP contribution is -2.14. The third-order valence-corrected chi connectivity index (χ3v) is 2.49. The van der Waals surface area contributed by atoms with Gasteiger partial charge in [-0.3, -0.25) is 0 Å². The van der Waals surface area contributed by atoms with Crippen molar-refractivity contribution >= 4 is 16.9 Å². The van der Waals surface area contributed by atoms with E-state index in [2.05, 4.69) is 0 Å². The van der Waals surface area contributed by atoms with E-state index in [0.717, 1.165) is 0 Å². The summed E-state index contributed by atoms with van der Waals surface area (Å²) in [6, 6.07) is 7.93. The Morgan fingerprint density at radius 2 is 2.20 bits per heavy atom. The van der Waals surface area contributed by atoms with Gasteiger partial charge in [0, 0.05) is 11.5 Å². The van der Waals surface area contributed by atoms with E-state index in [0.29, 0.717) is 11.1 Å². The molecule has 0 saturated heterocycles. The molecule has 102 valence electrons. The Kier molecular flexibility index (Phi) is 4.01. The zero-order chi connectivity index (χ0) is 14.5. The van der Waals surface area contributed by atoms with Crippen LogP contribution in [0.25, 0.3) is 11.0 Å². The molecule has 6 nitrogen and oxygen atoms in total. The molecule has 0 N–H and O–H groups in total. The van der Waals surface area contributed by atoms with Crippen LogP contribution < -0.4 is 10.4 Å². The summed E-state index contributed by atoms with van der Waals surface area (Å²) in [5.74, 6) is -0.104. The van der Waals surface area contributed by atoms with E-state index in [1.54, 1.807) is 25.1 Å². The molecular formula is C14H11NO5. The van der Waals surface area contributed by atoms with E-state index in [1.807, 2.05) is 0 Å². The maximum Gasteiger partial charge on any atom is 0.354 e. The topological polar surface area (TPSA) is 89.5 Å². The maximum absolute atomic E-state index is 11.4. The molecule has 0 bridgehead atoms. The van der Waals surface area contributed by atoms with Gasteiger partial charge in [0.05, 0.1) is 6.61 Å². The van der Waals surface area contributed by atoms with Crippen LogP contribution in [0.4, 0.5) is 0 Å². The van der Waals surface area contributed by atoms with E-state index < -0.39 is 11.6 Å². The number of ether oxygens (including phenoxy) is 2. The molecule has 0 aliphatic rings. The van der Waals surface area contributed by atoms with Gasteiger partial charge in [-0.25, -0.2) is 9.59 Å². The fourth-order valence-electron chi connectivity index (χ4n) is 1.60. The van der Waals surface area contributed by atoms with Crippen LogP contribution >= 0.6 is 0 Å². The van der Waals surface area contributed by atoms with Crippen molar-refractivity contribution in [3.8, 4) is 11.8 Å². The Bertz CT molecular complexity index is 741. The Morgan fingerprint density at radius 1 is 1.40 bits per heavy atom. The monoisotopic (exact) mass is 273 g/mol. The molecule has 6 heteroatoms. The minimum atomic E-state index is -0.706. The zero-order valence-corrected chi connectivity index (χ0v) is 10.7. The maximum atomic E-state index is 11.4. The number of rotatable bonds is 4. The van der Waals surface area contributed by atoms with Crippen molar-refractivity contribution in [1.29, 1.82) is 5.26 Å². The highest BCUT2D eigenvalue weighted by Gasteiger charge is 2.07. The zero-order valence-electron chi connectivity index (χ0n) is 10.7. The van der Waals surface area contributed by atoms with Crippen molar-refractivity contribution in [1.82, 2.24) is 0 Å². The van der Waals surface area contributed by atoms with E-state index in [4.69, 9.17) is 19.2 Å². The largest absolute Gasteiger partial charge is 0.482 e. The summed E-state index contributed by atoms with van der Waals surface area (Å²) in [6.45, 7) is 1.76. The second-order valence-electron chi connectivity index (χ2n) is 3.85. The Hall–Kier alpha value is -2.81. The Morgan fingerprint density at radius 3 is 2.90 bits per heavy atom. The Balaban J connectivity index is 2.24. The lowest BCUT2D eigenvalue weighted by molar-refractivity contribution is -0.145. The van der Waals surface area contributed by atoms with Crippen molar-refractivity contribution < 1.29 is 18.7 Å². The quantitative estimate of drug-likeness (QED) is 0.621. The minimum absolute atomic E-state index is 0.0577. The van der Waals surface area contributed by atoms with Gasteiger partial charge in [-0.1, -0.05) is 0 Å². The third-order valence-electron chi connectivity index (χ3n) is 2.49. The van der Waals surface area contributed by atoms with Gasteiger partial charge in [-0.2, -0.15) is 5.26 Å². The molecule has 0 aliphatic heterocycles. The van der Waals surface area contributed by atoms with Gasteiger partial charge in [0.2, 0.25) is 0 Å². The predicted octanol–water partition coefficient (Wildman–Crippen LogP) is 1.61. The third kappa shape index (κ3) is 2.95. The molecule has 0 amide bonds. The summed E-state index contributed by atoms with van der Waals surface area (Å²) in [5.41, 5.74) is -0.476. The first kappa shape index (κ1) is 13.6. The van der Waals surface area contributed by atoms with Crippen LogP contribution in [0.1, 0.15) is 12.5 Å². The number of fused-ring (bicyclic) bond motifs is 1. The fraction of sp³-hybridized carbons (Fsp3) is 0.214. The lowest BCUT2D eigenvalue weighted by atomic mass is 10.2. The molecule has 1 aromatic heterocycles. The summed E-state index contributed by atoms with van der Waals surface area (Å²) >= 11 is 0. The summed E-state index contributed by atoms with van der Waals surface area (Å²) in [7, 11) is 0. The van der Waals surface area contributed by atoms with E-state index in [1.165, 1.54) is 12.1 Å². The molecule has 20 heavy (non-hydrogen) atoms. The molecular weight excluding hydrogens is 262 g/mol. The number of benzene rings is 1. The van der Waals surface area contributed by atoms with Crippen molar-refractivity contribution in [2.45, 2.75) is 6.92 Å². The summed E-state index contributed by atoms with van der Waals surface area (Å²) in [4.78, 5) is 22.6. The van der Waals surface area contributed by atoms with Crippen LogP contribution in [0.5, 0.6) is 5.75 Å². The molecule has 2 rings (SSSR count). The van der Waals surface area contributed by atoms with Gasteiger partial charge < -0.3 is 13.9 Å². The number of hydrogen-bond acceptors (Lipinski definition) is 6. The van der Waals surface area contributed by atoms with E-state index in [-0.39, 0.29) is 24.4 Å². The standard InChI is InChI=1S/C14H11NO5/c1-2-18-13(16)8-19-11-4-3-9-5-10(7-15)14(17)20-12(9)6-11/h3-6H,2,8H2,1H3. The number of nitriles is 1. The predicted molar refractivity (Wildman–Crippen MR) is 69.3 cm³/mol. The van der Waals surface area contributed by atoms with Crippen molar-refractivity contribution in [2.24, 2.45) is 0 Å². The highest BCUT2D eigenvalue weighted by atomic mass is 16.6. The summed E-state index contributed by atoms with van der Waals surface area (Å²) in [6.07, 6.45) is 0. The van der Waals surface area contributed by atoms with Crippen molar-refractivity contribution in [2.75, 3.05) is 13.2 Å². The molecule has 1 heterocycles. The first-order valence-corrected chi connectivity index (χ1v) is 5.90. The number of carbonyl (C=O) groups excluding carboxylic acids is 1. The molecule has 1 aromatic carbocycles. The number of hydrogen-bond donors (Lipinski definition) is 0. The van der Waals surface area contributed by atoms with Gasteiger partial charge in [-0.15, -0.1) is 0 Å². The average Bonchev–Trinajstić information content (AvgIpc) is 2.44. The highest BCUT2D eigenvalue weighted by molar-refractivity contribution is 5.79. The average molecular weight is 273 g/mol. The van der Waals surface area contributed by atoms with E-state index >= 15 is 0 Å². The summed E-state index contributed by atoms with van der Waals surface area (Å²) < 4.78 is 15.0. The van der Waals surface area contributed by atoms with Gasteiger partial charge in [0.1, 0.15) is 23.0 Å². The van der Waals surface area contributed by atoms with E-state index in [9.17, 15) is 9.59 Å². The number of carbonyl (C=O) groups is 1. The van der Waals surface area contributed by atoms with Gasteiger partial charge >= 0.3 is 11.6 Å². The highest BCUT2D eigenvalue weighted by Crippen LogP contribution is 2.20. The van der Waals surface area contributed by atoms with Crippen LogP contribution in [0.3, 0.4) is 0 Å². The van der Waals surface area contributed by atoms with Crippen LogP contribution in [-0.2, 0) is 9.53 Å². The van der Waals surface area contributed by atoms with Crippen LogP contribution in [0.2, 0.25) is 0 Å². The molecule has 0 radical (unpaired) electrons. The molecule has 0 spiro atoms. The normalized spacial score (nSPS) is 10.0. The fourth-order valence-corrected chi connectivity index (χ4v) is 1.60. The second-order valence-corrected chi connectivity index (χ2v) is 3.85. The number of esters is 1. The minimum Gasteiger partial charge on any atom is -0.482 e. The first-order valence-electron chi connectivity index (χ1n) is 5.90. The van der Waals surface area contributed by atoms with Crippen LogP contribution in [0.15, 0.2) is 33.5 Å². The van der Waals surface area contributed by atoms with Crippen molar-refractivity contribution in [3.05, 3.63) is 40.2 Å². The first-order chi connectivity index (χ1) is 9.63. The smallest absolute Gasteiger partial charge is 0.354 e. The van der Waals surface area contributed by atoms with Crippen molar-refractivity contribution in [3.63, 3.8) is 0 Å².